The molecule has 1 aromatic heterocycles. The smallest absolute Gasteiger partial charge is 0.222 e. The van der Waals surface area contributed by atoms with Gasteiger partial charge < -0.3 is 11.1 Å². The average molecular weight is 251 g/mol. The molecule has 1 aromatic carbocycles. The number of benzene rings is 1. The molecule has 1 heterocycles. The largest absolute Gasteiger partial charge is 0.369 e. The van der Waals surface area contributed by atoms with Crippen LogP contribution in [0.1, 0.15) is 19.8 Å². The predicted molar refractivity (Wildman–Crippen MR) is 72.4 cm³/mol. The van der Waals surface area contributed by atoms with Crippen LogP contribution in [0.5, 0.6) is 0 Å². The van der Waals surface area contributed by atoms with Crippen LogP contribution in [0.3, 0.4) is 0 Å². The number of rotatable bonds is 4. The van der Waals surface area contributed by atoms with E-state index in [1.165, 1.54) is 0 Å². The Morgan fingerprint density at radius 1 is 1.35 bits per heavy atom. The van der Waals surface area contributed by atoms with Gasteiger partial charge in [0, 0.05) is 6.54 Å². The van der Waals surface area contributed by atoms with E-state index in [1.54, 1.807) is 0 Å². The topological polar surface area (TPSA) is 63.8 Å². The highest BCUT2D eigenvalue weighted by Crippen LogP contribution is 2.28. The van der Waals surface area contributed by atoms with Crippen molar-refractivity contribution in [3.05, 3.63) is 23.2 Å². The van der Waals surface area contributed by atoms with Gasteiger partial charge in [-0.25, -0.2) is 4.98 Å². The van der Waals surface area contributed by atoms with Crippen molar-refractivity contribution in [3.8, 4) is 0 Å². The minimum absolute atomic E-state index is 0.263. The third-order valence-corrected chi connectivity index (χ3v) is 2.83. The summed E-state index contributed by atoms with van der Waals surface area (Å²) in [6.45, 7) is 2.99. The van der Waals surface area contributed by atoms with Crippen molar-refractivity contribution in [1.29, 1.82) is 0 Å². The van der Waals surface area contributed by atoms with E-state index >= 15 is 0 Å². The lowest BCUT2D eigenvalue weighted by Crippen LogP contribution is -2.06. The monoisotopic (exact) mass is 250 g/mol. The van der Waals surface area contributed by atoms with Gasteiger partial charge in [0.1, 0.15) is 5.82 Å². The highest BCUT2D eigenvalue weighted by molar-refractivity contribution is 6.36. The van der Waals surface area contributed by atoms with Gasteiger partial charge in [-0.3, -0.25) is 0 Å². The summed E-state index contributed by atoms with van der Waals surface area (Å²) in [5.41, 5.74) is 6.44. The van der Waals surface area contributed by atoms with E-state index in [0.29, 0.717) is 10.8 Å². The number of anilines is 2. The number of hydrogen-bond donors (Lipinski definition) is 2. The van der Waals surface area contributed by atoms with Crippen molar-refractivity contribution < 1.29 is 0 Å². The van der Waals surface area contributed by atoms with Crippen molar-refractivity contribution in [1.82, 2.24) is 9.97 Å². The van der Waals surface area contributed by atoms with Gasteiger partial charge in [0.05, 0.1) is 15.9 Å². The Kier molecular flexibility index (Phi) is 3.64. The Bertz CT molecular complexity index is 527. The van der Waals surface area contributed by atoms with Gasteiger partial charge in [-0.1, -0.05) is 31.0 Å². The Morgan fingerprint density at radius 2 is 2.18 bits per heavy atom. The lowest BCUT2D eigenvalue weighted by molar-refractivity contribution is 0.832. The molecule has 0 bridgehead atoms. The quantitative estimate of drug-likeness (QED) is 0.819. The van der Waals surface area contributed by atoms with Gasteiger partial charge in [0.25, 0.3) is 0 Å². The average Bonchev–Trinajstić information content (AvgIpc) is 2.28. The highest BCUT2D eigenvalue weighted by Gasteiger charge is 2.08. The molecular weight excluding hydrogens is 236 g/mol. The van der Waals surface area contributed by atoms with E-state index in [0.717, 1.165) is 30.3 Å². The maximum absolute atomic E-state index is 6.17. The highest BCUT2D eigenvalue weighted by atomic mass is 35.5. The second kappa shape index (κ2) is 5.19. The minimum Gasteiger partial charge on any atom is -0.369 e. The summed E-state index contributed by atoms with van der Waals surface area (Å²) in [6, 6.07) is 5.56. The van der Waals surface area contributed by atoms with Gasteiger partial charge in [-0.2, -0.15) is 4.98 Å². The van der Waals surface area contributed by atoms with Crippen molar-refractivity contribution in [2.24, 2.45) is 0 Å². The Morgan fingerprint density at radius 3 is 2.94 bits per heavy atom. The van der Waals surface area contributed by atoms with Crippen LogP contribution in [0.4, 0.5) is 11.8 Å². The zero-order valence-electron chi connectivity index (χ0n) is 9.70. The van der Waals surface area contributed by atoms with Crippen molar-refractivity contribution >= 4 is 34.3 Å². The van der Waals surface area contributed by atoms with Crippen LogP contribution in [0.25, 0.3) is 10.9 Å². The fourth-order valence-corrected chi connectivity index (χ4v) is 1.93. The molecule has 0 spiro atoms. The normalized spacial score (nSPS) is 10.7. The second-order valence-corrected chi connectivity index (χ2v) is 4.25. The van der Waals surface area contributed by atoms with Crippen molar-refractivity contribution in [3.63, 3.8) is 0 Å². The van der Waals surface area contributed by atoms with E-state index in [2.05, 4.69) is 22.2 Å². The molecule has 0 amide bonds. The molecule has 0 saturated carbocycles. The molecule has 0 fully saturated rings. The zero-order valence-corrected chi connectivity index (χ0v) is 10.5. The number of hydrogen-bond acceptors (Lipinski definition) is 4. The van der Waals surface area contributed by atoms with E-state index in [4.69, 9.17) is 17.3 Å². The standard InChI is InChI=1S/C12H15ClN4/c1-2-3-7-15-11-10-8(13)5-4-6-9(10)16-12(14)17-11/h4-6H,2-3,7H2,1H3,(H3,14,15,16,17). The van der Waals surface area contributed by atoms with Gasteiger partial charge in [-0.05, 0) is 18.6 Å². The lowest BCUT2D eigenvalue weighted by atomic mass is 10.2. The molecule has 5 heteroatoms. The van der Waals surface area contributed by atoms with Crippen LogP contribution in [0.15, 0.2) is 18.2 Å². The number of fused-ring (bicyclic) bond motifs is 1. The van der Waals surface area contributed by atoms with Gasteiger partial charge in [0.2, 0.25) is 5.95 Å². The maximum atomic E-state index is 6.17. The van der Waals surface area contributed by atoms with Gasteiger partial charge >= 0.3 is 0 Å². The van der Waals surface area contributed by atoms with Crippen LogP contribution in [0, 0.1) is 0 Å². The SMILES string of the molecule is CCCCNc1nc(N)nc2cccc(Cl)c12. The molecule has 17 heavy (non-hydrogen) atoms. The fourth-order valence-electron chi connectivity index (χ4n) is 1.67. The molecule has 0 radical (unpaired) electrons. The van der Waals surface area contributed by atoms with Crippen LogP contribution in [0.2, 0.25) is 5.02 Å². The summed E-state index contributed by atoms with van der Waals surface area (Å²) in [5, 5.41) is 4.73. The molecular formula is C12H15ClN4. The van der Waals surface area contributed by atoms with Gasteiger partial charge in [0.15, 0.2) is 0 Å². The van der Waals surface area contributed by atoms with E-state index < -0.39 is 0 Å². The molecule has 0 saturated heterocycles. The second-order valence-electron chi connectivity index (χ2n) is 3.84. The summed E-state index contributed by atoms with van der Waals surface area (Å²) >= 11 is 6.17. The maximum Gasteiger partial charge on any atom is 0.222 e. The number of nitrogens with one attached hydrogen (secondary N) is 1. The van der Waals surface area contributed by atoms with Gasteiger partial charge in [-0.15, -0.1) is 0 Å². The zero-order chi connectivity index (χ0) is 12.3. The molecule has 0 atom stereocenters. The first-order valence-electron chi connectivity index (χ1n) is 5.68. The summed E-state index contributed by atoms with van der Waals surface area (Å²) in [7, 11) is 0. The molecule has 3 N–H and O–H groups in total. The first-order valence-corrected chi connectivity index (χ1v) is 6.05. The Hall–Kier alpha value is -1.55. The molecule has 0 aliphatic heterocycles. The molecule has 2 rings (SSSR count). The van der Waals surface area contributed by atoms with Crippen LogP contribution < -0.4 is 11.1 Å². The minimum atomic E-state index is 0.263. The number of nitrogens with two attached hydrogens (primary N) is 1. The van der Waals surface area contributed by atoms with E-state index in [-0.39, 0.29) is 5.95 Å². The molecule has 4 nitrogen and oxygen atoms in total. The number of nitrogen functional groups attached to an aromatic ring is 1. The van der Waals surface area contributed by atoms with Crippen molar-refractivity contribution in [2.75, 3.05) is 17.6 Å². The summed E-state index contributed by atoms with van der Waals surface area (Å²) in [5.74, 6) is 0.977. The summed E-state index contributed by atoms with van der Waals surface area (Å²) < 4.78 is 0. The Balaban J connectivity index is 2.45. The first-order chi connectivity index (χ1) is 8.22. The fraction of sp³-hybridized carbons (Fsp3) is 0.333. The van der Waals surface area contributed by atoms with Crippen molar-refractivity contribution in [2.45, 2.75) is 19.8 Å². The van der Waals surface area contributed by atoms with E-state index in [1.807, 2.05) is 18.2 Å². The summed E-state index contributed by atoms with van der Waals surface area (Å²) in [4.78, 5) is 8.37. The predicted octanol–water partition coefficient (Wildman–Crippen LogP) is 3.08. The first kappa shape index (κ1) is 11.9. The summed E-state index contributed by atoms with van der Waals surface area (Å²) in [6.07, 6.45) is 2.20. The number of unbranched alkanes of at least 4 members (excludes halogenated alkanes) is 1. The molecule has 0 aliphatic rings. The third-order valence-electron chi connectivity index (χ3n) is 2.51. The van der Waals surface area contributed by atoms with Crippen LogP contribution in [-0.2, 0) is 0 Å². The molecule has 2 aromatic rings. The van der Waals surface area contributed by atoms with E-state index in [9.17, 15) is 0 Å². The molecule has 0 unspecified atom stereocenters. The molecule has 90 valence electrons. The number of halogens is 1. The number of nitrogens with zero attached hydrogens (tertiary/aromatic N) is 2. The Labute approximate surface area is 105 Å². The number of aromatic nitrogens is 2. The third kappa shape index (κ3) is 2.58. The van der Waals surface area contributed by atoms with Crippen LogP contribution in [-0.4, -0.2) is 16.5 Å². The lowest BCUT2D eigenvalue weighted by Gasteiger charge is -2.09. The molecule has 0 aliphatic carbocycles. The van der Waals surface area contributed by atoms with Crippen LogP contribution >= 0.6 is 11.6 Å².